The van der Waals surface area contributed by atoms with Gasteiger partial charge in [0, 0.05) is 11.1 Å². The predicted octanol–water partition coefficient (Wildman–Crippen LogP) is 5.49. The molecule has 0 saturated heterocycles. The van der Waals surface area contributed by atoms with Crippen molar-refractivity contribution in [2.75, 3.05) is 0 Å². The summed E-state index contributed by atoms with van der Waals surface area (Å²) in [6.07, 6.45) is 0. The van der Waals surface area contributed by atoms with Crippen LogP contribution in [-0.4, -0.2) is 0 Å². The first-order valence-corrected chi connectivity index (χ1v) is 8.62. The second-order valence-corrected chi connectivity index (χ2v) is 6.33. The number of hydrogen-bond donors (Lipinski definition) is 0. The van der Waals surface area contributed by atoms with Crippen molar-refractivity contribution in [1.29, 1.82) is 0 Å². The lowest BCUT2D eigenvalue weighted by atomic mass is 10.1. The number of benzene rings is 3. The lowest BCUT2D eigenvalue weighted by Gasteiger charge is -2.12. The van der Waals surface area contributed by atoms with Gasteiger partial charge in [-0.1, -0.05) is 60.2 Å². The summed E-state index contributed by atoms with van der Waals surface area (Å²) < 4.78 is 25.7. The molecule has 0 atom stereocenters. The van der Waals surface area contributed by atoms with Crippen LogP contribution in [0.2, 0.25) is 0 Å². The molecule has 134 valence electrons. The third kappa shape index (κ3) is 3.34. The number of halogens is 1. The van der Waals surface area contributed by atoms with Gasteiger partial charge in [0.1, 0.15) is 18.0 Å². The highest BCUT2D eigenvalue weighted by Crippen LogP contribution is 2.31. The molecule has 0 unspecified atom stereocenters. The molecule has 0 saturated carbocycles. The number of ether oxygens (including phenoxy) is 1. The standard InChI is InChI=1S/C23H17FO3/c1-15-10-12-16(13-11-15)22-23(26-14-17-6-2-4-8-19(17)24)21(25)18-7-3-5-9-20(18)27-22/h2-13H,14H2,1H3. The van der Waals surface area contributed by atoms with E-state index in [0.717, 1.165) is 11.1 Å². The number of para-hydroxylation sites is 1. The molecule has 0 fully saturated rings. The molecule has 0 aliphatic carbocycles. The Morgan fingerprint density at radius 1 is 0.926 bits per heavy atom. The third-order valence-corrected chi connectivity index (χ3v) is 4.40. The topological polar surface area (TPSA) is 39.4 Å². The van der Waals surface area contributed by atoms with Gasteiger partial charge in [-0.2, -0.15) is 0 Å². The fourth-order valence-electron chi connectivity index (χ4n) is 2.92. The quantitative estimate of drug-likeness (QED) is 0.483. The average molecular weight is 360 g/mol. The zero-order valence-corrected chi connectivity index (χ0v) is 14.7. The van der Waals surface area contributed by atoms with E-state index in [1.54, 1.807) is 36.4 Å². The van der Waals surface area contributed by atoms with Gasteiger partial charge in [0.05, 0.1) is 5.39 Å². The van der Waals surface area contributed by atoms with Crippen molar-refractivity contribution < 1.29 is 13.5 Å². The highest BCUT2D eigenvalue weighted by molar-refractivity contribution is 5.81. The Bertz CT molecular complexity index is 1160. The Labute approximate surface area is 155 Å². The van der Waals surface area contributed by atoms with Crippen molar-refractivity contribution in [1.82, 2.24) is 0 Å². The summed E-state index contributed by atoms with van der Waals surface area (Å²) in [6.45, 7) is 1.92. The van der Waals surface area contributed by atoms with E-state index in [0.29, 0.717) is 22.3 Å². The molecule has 4 heteroatoms. The van der Waals surface area contributed by atoms with E-state index in [1.165, 1.54) is 6.07 Å². The number of rotatable bonds is 4. The summed E-state index contributed by atoms with van der Waals surface area (Å²) in [6, 6.07) is 21.0. The highest BCUT2D eigenvalue weighted by Gasteiger charge is 2.18. The third-order valence-electron chi connectivity index (χ3n) is 4.40. The largest absolute Gasteiger partial charge is 0.481 e. The van der Waals surface area contributed by atoms with Crippen LogP contribution in [0.5, 0.6) is 5.75 Å². The zero-order chi connectivity index (χ0) is 18.8. The van der Waals surface area contributed by atoms with Crippen LogP contribution in [0, 0.1) is 12.7 Å². The summed E-state index contributed by atoms with van der Waals surface area (Å²) in [7, 11) is 0. The monoisotopic (exact) mass is 360 g/mol. The summed E-state index contributed by atoms with van der Waals surface area (Å²) >= 11 is 0. The van der Waals surface area contributed by atoms with Gasteiger partial charge >= 0.3 is 0 Å². The molecule has 3 aromatic carbocycles. The van der Waals surface area contributed by atoms with Crippen molar-refractivity contribution in [3.63, 3.8) is 0 Å². The van der Waals surface area contributed by atoms with E-state index in [-0.39, 0.29) is 23.6 Å². The van der Waals surface area contributed by atoms with Crippen LogP contribution in [0.4, 0.5) is 4.39 Å². The van der Waals surface area contributed by atoms with Crippen LogP contribution < -0.4 is 10.2 Å². The van der Waals surface area contributed by atoms with Crippen LogP contribution in [0.15, 0.2) is 82.0 Å². The van der Waals surface area contributed by atoms with Gasteiger partial charge in [0.25, 0.3) is 0 Å². The Morgan fingerprint density at radius 3 is 2.41 bits per heavy atom. The molecule has 0 spiro atoms. The minimum absolute atomic E-state index is 0.0609. The lowest BCUT2D eigenvalue weighted by molar-refractivity contribution is 0.292. The maximum atomic E-state index is 13.9. The van der Waals surface area contributed by atoms with Crippen molar-refractivity contribution >= 4 is 11.0 Å². The summed E-state index contributed by atoms with van der Waals surface area (Å²) in [5.41, 5.74) is 2.41. The Hall–Kier alpha value is -3.40. The minimum Gasteiger partial charge on any atom is -0.481 e. The molecule has 4 rings (SSSR count). The van der Waals surface area contributed by atoms with Gasteiger partial charge in [-0.15, -0.1) is 0 Å². The molecule has 1 aromatic heterocycles. The highest BCUT2D eigenvalue weighted by atomic mass is 19.1. The van der Waals surface area contributed by atoms with Crippen LogP contribution in [0.25, 0.3) is 22.3 Å². The molecule has 0 aliphatic rings. The fourth-order valence-corrected chi connectivity index (χ4v) is 2.92. The van der Waals surface area contributed by atoms with Gasteiger partial charge in [-0.25, -0.2) is 4.39 Å². The van der Waals surface area contributed by atoms with Crippen LogP contribution in [-0.2, 0) is 6.61 Å². The SMILES string of the molecule is Cc1ccc(-c2oc3ccccc3c(=O)c2OCc2ccccc2F)cc1. The van der Waals surface area contributed by atoms with E-state index in [1.807, 2.05) is 37.3 Å². The van der Waals surface area contributed by atoms with Gasteiger partial charge in [-0.3, -0.25) is 4.79 Å². The van der Waals surface area contributed by atoms with Crippen molar-refractivity contribution in [3.8, 4) is 17.1 Å². The molecule has 0 radical (unpaired) electrons. The summed E-state index contributed by atoms with van der Waals surface area (Å²) in [5, 5.41) is 0.428. The summed E-state index contributed by atoms with van der Waals surface area (Å²) in [5.74, 6) is 0.0513. The first-order chi connectivity index (χ1) is 13.1. The van der Waals surface area contributed by atoms with E-state index in [2.05, 4.69) is 0 Å². The molecule has 4 aromatic rings. The molecule has 0 amide bonds. The van der Waals surface area contributed by atoms with Crippen molar-refractivity contribution in [3.05, 3.63) is 100.0 Å². The first-order valence-electron chi connectivity index (χ1n) is 8.62. The smallest absolute Gasteiger partial charge is 0.235 e. The van der Waals surface area contributed by atoms with Crippen LogP contribution in [0.1, 0.15) is 11.1 Å². The molecular weight excluding hydrogens is 343 g/mol. The lowest BCUT2D eigenvalue weighted by Crippen LogP contribution is -2.10. The minimum atomic E-state index is -0.375. The van der Waals surface area contributed by atoms with Gasteiger partial charge in [-0.05, 0) is 25.1 Å². The van der Waals surface area contributed by atoms with Gasteiger partial charge < -0.3 is 9.15 Å². The molecular formula is C23H17FO3. The Morgan fingerprint density at radius 2 is 1.63 bits per heavy atom. The van der Waals surface area contributed by atoms with Gasteiger partial charge in [0.2, 0.25) is 11.2 Å². The second-order valence-electron chi connectivity index (χ2n) is 6.33. The van der Waals surface area contributed by atoms with E-state index in [9.17, 15) is 9.18 Å². The fraction of sp³-hybridized carbons (Fsp3) is 0.0870. The predicted molar refractivity (Wildman–Crippen MR) is 103 cm³/mol. The zero-order valence-electron chi connectivity index (χ0n) is 14.7. The Balaban J connectivity index is 1.85. The van der Waals surface area contributed by atoms with Crippen LogP contribution >= 0.6 is 0 Å². The Kier molecular flexibility index (Phi) is 4.47. The molecule has 1 heterocycles. The normalized spacial score (nSPS) is 10.9. The van der Waals surface area contributed by atoms with Gasteiger partial charge in [0.15, 0.2) is 5.76 Å². The van der Waals surface area contributed by atoms with Crippen molar-refractivity contribution in [2.24, 2.45) is 0 Å². The van der Waals surface area contributed by atoms with Crippen molar-refractivity contribution in [2.45, 2.75) is 13.5 Å². The molecule has 27 heavy (non-hydrogen) atoms. The second kappa shape index (κ2) is 7.08. The maximum absolute atomic E-state index is 13.9. The molecule has 3 nitrogen and oxygen atoms in total. The number of aryl methyl sites for hydroxylation is 1. The molecule has 0 bridgehead atoms. The molecule has 0 N–H and O–H groups in total. The maximum Gasteiger partial charge on any atom is 0.235 e. The average Bonchev–Trinajstić information content (AvgIpc) is 2.69. The number of hydrogen-bond acceptors (Lipinski definition) is 3. The first kappa shape index (κ1) is 17.0. The van der Waals surface area contributed by atoms with E-state index < -0.39 is 0 Å². The number of fused-ring (bicyclic) bond motifs is 1. The van der Waals surface area contributed by atoms with E-state index >= 15 is 0 Å². The van der Waals surface area contributed by atoms with E-state index in [4.69, 9.17) is 9.15 Å². The molecule has 0 aliphatic heterocycles. The van der Waals surface area contributed by atoms with Crippen LogP contribution in [0.3, 0.4) is 0 Å². The summed E-state index contributed by atoms with van der Waals surface area (Å²) in [4.78, 5) is 13.0.